The van der Waals surface area contributed by atoms with E-state index >= 15 is 0 Å². The molecule has 0 aromatic heterocycles. The number of rotatable bonds is 6. The molecule has 0 saturated heterocycles. The summed E-state index contributed by atoms with van der Waals surface area (Å²) in [6.07, 6.45) is 1.16. The summed E-state index contributed by atoms with van der Waals surface area (Å²) in [7, 11) is -0.206. The highest BCUT2D eigenvalue weighted by atomic mass is 32.2. The first-order chi connectivity index (χ1) is 11.8. The van der Waals surface area contributed by atoms with E-state index in [2.05, 4.69) is 5.32 Å². The van der Waals surface area contributed by atoms with E-state index in [9.17, 15) is 13.2 Å². The Balaban J connectivity index is 2.14. The molecule has 2 aromatic carbocycles. The highest BCUT2D eigenvalue weighted by molar-refractivity contribution is 7.90. The Morgan fingerprint density at radius 1 is 1.00 bits per heavy atom. The number of ether oxygens (including phenoxy) is 2. The summed E-state index contributed by atoms with van der Waals surface area (Å²) in [4.78, 5) is 12.7. The second-order valence-corrected chi connectivity index (χ2v) is 7.62. The number of sulfone groups is 1. The third-order valence-electron chi connectivity index (χ3n) is 3.80. The van der Waals surface area contributed by atoms with E-state index in [1.165, 1.54) is 26.4 Å². The van der Waals surface area contributed by atoms with Gasteiger partial charge in [0, 0.05) is 11.8 Å². The topological polar surface area (TPSA) is 81.7 Å². The van der Waals surface area contributed by atoms with Crippen LogP contribution in [0, 0.1) is 0 Å². The van der Waals surface area contributed by atoms with Crippen molar-refractivity contribution in [1.29, 1.82) is 0 Å². The molecule has 0 heterocycles. The van der Waals surface area contributed by atoms with Gasteiger partial charge in [-0.05, 0) is 42.8 Å². The SMILES string of the molecule is COc1ccc(C(=O)NC(C)c2ccc(S(C)(=O)=O)cc2)cc1OC. The number of hydrogen-bond acceptors (Lipinski definition) is 5. The van der Waals surface area contributed by atoms with Crippen LogP contribution in [0.25, 0.3) is 0 Å². The lowest BCUT2D eigenvalue weighted by molar-refractivity contribution is 0.0939. The van der Waals surface area contributed by atoms with Gasteiger partial charge < -0.3 is 14.8 Å². The van der Waals surface area contributed by atoms with Gasteiger partial charge in [-0.15, -0.1) is 0 Å². The fourth-order valence-corrected chi connectivity index (χ4v) is 2.97. The summed E-state index contributed by atoms with van der Waals surface area (Å²) >= 11 is 0. The summed E-state index contributed by atoms with van der Waals surface area (Å²) in [6, 6.07) is 11.1. The molecule has 0 bridgehead atoms. The quantitative estimate of drug-likeness (QED) is 0.853. The van der Waals surface area contributed by atoms with Crippen LogP contribution in [0.3, 0.4) is 0 Å². The van der Waals surface area contributed by atoms with E-state index in [-0.39, 0.29) is 16.8 Å². The van der Waals surface area contributed by atoms with Crippen LogP contribution >= 0.6 is 0 Å². The maximum absolute atomic E-state index is 12.4. The summed E-state index contributed by atoms with van der Waals surface area (Å²) in [5.41, 5.74) is 1.25. The molecule has 0 radical (unpaired) electrons. The van der Waals surface area contributed by atoms with Crippen molar-refractivity contribution < 1.29 is 22.7 Å². The Hall–Kier alpha value is -2.54. The normalized spacial score (nSPS) is 12.3. The molecular weight excluding hydrogens is 342 g/mol. The molecule has 1 atom stereocenters. The zero-order valence-electron chi connectivity index (χ0n) is 14.6. The van der Waals surface area contributed by atoms with Gasteiger partial charge in [-0.3, -0.25) is 4.79 Å². The molecule has 0 saturated carbocycles. The van der Waals surface area contributed by atoms with Crippen molar-refractivity contribution in [3.63, 3.8) is 0 Å². The lowest BCUT2D eigenvalue weighted by atomic mass is 10.1. The van der Waals surface area contributed by atoms with Gasteiger partial charge in [0.15, 0.2) is 21.3 Å². The van der Waals surface area contributed by atoms with Crippen molar-refractivity contribution in [2.75, 3.05) is 20.5 Å². The molecule has 1 N–H and O–H groups in total. The molecule has 25 heavy (non-hydrogen) atoms. The summed E-state index contributed by atoms with van der Waals surface area (Å²) in [5, 5.41) is 2.87. The van der Waals surface area contributed by atoms with Crippen LogP contribution in [0.5, 0.6) is 11.5 Å². The largest absolute Gasteiger partial charge is 0.493 e. The Bertz CT molecular complexity index is 860. The maximum Gasteiger partial charge on any atom is 0.251 e. The van der Waals surface area contributed by atoms with Crippen molar-refractivity contribution >= 4 is 15.7 Å². The second-order valence-electron chi connectivity index (χ2n) is 5.61. The number of carbonyl (C=O) groups is 1. The fourth-order valence-electron chi connectivity index (χ4n) is 2.34. The second kappa shape index (κ2) is 7.57. The highest BCUT2D eigenvalue weighted by Crippen LogP contribution is 2.27. The van der Waals surface area contributed by atoms with Gasteiger partial charge in [-0.2, -0.15) is 0 Å². The molecule has 2 rings (SSSR count). The van der Waals surface area contributed by atoms with Crippen LogP contribution < -0.4 is 14.8 Å². The Labute approximate surface area is 147 Å². The van der Waals surface area contributed by atoms with E-state index in [4.69, 9.17) is 9.47 Å². The minimum Gasteiger partial charge on any atom is -0.493 e. The smallest absolute Gasteiger partial charge is 0.251 e. The molecular formula is C18H21NO5S. The Morgan fingerprint density at radius 3 is 2.12 bits per heavy atom. The van der Waals surface area contributed by atoms with Gasteiger partial charge in [-0.25, -0.2) is 8.42 Å². The molecule has 134 valence electrons. The van der Waals surface area contributed by atoms with Crippen molar-refractivity contribution in [2.45, 2.75) is 17.9 Å². The van der Waals surface area contributed by atoms with Crippen LogP contribution in [0.4, 0.5) is 0 Å². The van der Waals surface area contributed by atoms with Crippen LogP contribution in [-0.2, 0) is 9.84 Å². The van der Waals surface area contributed by atoms with E-state index in [1.54, 1.807) is 30.3 Å². The first-order valence-electron chi connectivity index (χ1n) is 7.59. The number of methoxy groups -OCH3 is 2. The minimum absolute atomic E-state index is 0.245. The number of benzene rings is 2. The zero-order chi connectivity index (χ0) is 18.6. The van der Waals surface area contributed by atoms with E-state index in [0.29, 0.717) is 17.1 Å². The maximum atomic E-state index is 12.4. The summed E-state index contributed by atoms with van der Waals surface area (Å²) < 4.78 is 33.3. The molecule has 1 unspecified atom stereocenters. The molecule has 0 aliphatic heterocycles. The van der Waals surface area contributed by atoms with Gasteiger partial charge in [0.25, 0.3) is 5.91 Å². The molecule has 0 aliphatic rings. The minimum atomic E-state index is -3.24. The van der Waals surface area contributed by atoms with E-state index in [1.807, 2.05) is 6.92 Å². The average molecular weight is 363 g/mol. The number of hydrogen-bond donors (Lipinski definition) is 1. The number of carbonyl (C=O) groups excluding carboxylic acids is 1. The first-order valence-corrected chi connectivity index (χ1v) is 9.48. The summed E-state index contributed by atoms with van der Waals surface area (Å²) in [6.45, 7) is 1.83. The van der Waals surface area contributed by atoms with Gasteiger partial charge in [0.1, 0.15) is 0 Å². The third-order valence-corrected chi connectivity index (χ3v) is 4.93. The standard InChI is InChI=1S/C18H21NO5S/c1-12(13-5-8-15(9-6-13)25(4,21)22)19-18(20)14-7-10-16(23-2)17(11-14)24-3/h5-12H,1-4H3,(H,19,20). The van der Waals surface area contributed by atoms with Gasteiger partial charge in [0.05, 0.1) is 25.2 Å². The molecule has 6 nitrogen and oxygen atoms in total. The lowest BCUT2D eigenvalue weighted by Gasteiger charge is -2.16. The summed E-state index contributed by atoms with van der Waals surface area (Å²) in [5.74, 6) is 0.754. The van der Waals surface area contributed by atoms with Crippen molar-refractivity contribution in [3.05, 3.63) is 53.6 Å². The van der Waals surface area contributed by atoms with Crippen LogP contribution in [0.2, 0.25) is 0 Å². The van der Waals surface area contributed by atoms with Gasteiger partial charge in [0.2, 0.25) is 0 Å². The molecule has 2 aromatic rings. The van der Waals surface area contributed by atoms with E-state index in [0.717, 1.165) is 11.8 Å². The molecule has 1 amide bonds. The van der Waals surface area contributed by atoms with Gasteiger partial charge >= 0.3 is 0 Å². The van der Waals surface area contributed by atoms with Crippen molar-refractivity contribution in [2.24, 2.45) is 0 Å². The van der Waals surface area contributed by atoms with Crippen LogP contribution in [-0.4, -0.2) is 34.8 Å². The van der Waals surface area contributed by atoms with E-state index < -0.39 is 9.84 Å². The molecule has 0 aliphatic carbocycles. The van der Waals surface area contributed by atoms with Crippen LogP contribution in [0.15, 0.2) is 47.4 Å². The van der Waals surface area contributed by atoms with Crippen molar-refractivity contribution in [1.82, 2.24) is 5.32 Å². The van der Waals surface area contributed by atoms with Crippen molar-refractivity contribution in [3.8, 4) is 11.5 Å². The average Bonchev–Trinajstić information content (AvgIpc) is 2.60. The predicted octanol–water partition coefficient (Wildman–Crippen LogP) is 2.60. The monoisotopic (exact) mass is 363 g/mol. The highest BCUT2D eigenvalue weighted by Gasteiger charge is 2.15. The van der Waals surface area contributed by atoms with Crippen LogP contribution in [0.1, 0.15) is 28.9 Å². The molecule has 0 spiro atoms. The molecule has 0 fully saturated rings. The predicted molar refractivity (Wildman–Crippen MR) is 95.0 cm³/mol. The third kappa shape index (κ3) is 4.51. The lowest BCUT2D eigenvalue weighted by Crippen LogP contribution is -2.26. The zero-order valence-corrected chi connectivity index (χ0v) is 15.4. The Morgan fingerprint density at radius 2 is 1.60 bits per heavy atom. The first kappa shape index (κ1) is 18.8. The van der Waals surface area contributed by atoms with Gasteiger partial charge in [-0.1, -0.05) is 12.1 Å². The molecule has 7 heteroatoms. The number of nitrogens with one attached hydrogen (secondary N) is 1. The number of amides is 1. The fraction of sp³-hybridized carbons (Fsp3) is 0.278. The Kier molecular flexibility index (Phi) is 5.69.